The molecule has 0 spiro atoms. The molecule has 0 aromatic heterocycles. The van der Waals surface area contributed by atoms with Gasteiger partial charge in [-0.3, -0.25) is 0 Å². The van der Waals surface area contributed by atoms with E-state index in [1.165, 1.54) is 17.7 Å². The summed E-state index contributed by atoms with van der Waals surface area (Å²) in [5.41, 5.74) is 1.77. The molecule has 0 aliphatic carbocycles. The molecular formula is C16H13Br3ClF. The average molecular weight is 499 g/mol. The topological polar surface area (TPSA) is 0 Å². The lowest BCUT2D eigenvalue weighted by Gasteiger charge is -2.32. The van der Waals surface area contributed by atoms with Crippen molar-refractivity contribution in [2.45, 2.75) is 11.8 Å². The quantitative estimate of drug-likeness (QED) is 0.412. The first kappa shape index (κ1) is 17.5. The zero-order chi connectivity index (χ0) is 15.5. The fourth-order valence-corrected chi connectivity index (χ4v) is 5.12. The summed E-state index contributed by atoms with van der Waals surface area (Å²) < 4.78 is 14.6. The van der Waals surface area contributed by atoms with Crippen molar-refractivity contribution in [2.75, 3.05) is 10.7 Å². The maximum absolute atomic E-state index is 13.5. The van der Waals surface area contributed by atoms with Crippen LogP contribution in [0, 0.1) is 5.82 Å². The number of benzene rings is 2. The van der Waals surface area contributed by atoms with E-state index in [1.807, 2.05) is 18.2 Å². The molecule has 0 bridgehead atoms. The number of hydrogen-bond acceptors (Lipinski definition) is 0. The summed E-state index contributed by atoms with van der Waals surface area (Å²) in [6, 6.07) is 12.6. The minimum atomic E-state index is -0.264. The van der Waals surface area contributed by atoms with Crippen molar-refractivity contribution in [3.8, 4) is 0 Å². The van der Waals surface area contributed by atoms with Gasteiger partial charge in [-0.15, -0.1) is 0 Å². The molecule has 0 aliphatic rings. The van der Waals surface area contributed by atoms with Crippen molar-refractivity contribution >= 4 is 59.4 Å². The Morgan fingerprint density at radius 2 is 1.71 bits per heavy atom. The normalized spacial score (nSPS) is 11.7. The highest BCUT2D eigenvalue weighted by Gasteiger charge is 2.33. The predicted octanol–water partition coefficient (Wildman–Crippen LogP) is 6.51. The molecular weight excluding hydrogens is 486 g/mol. The summed E-state index contributed by atoms with van der Waals surface area (Å²) >= 11 is 17.1. The van der Waals surface area contributed by atoms with Crippen LogP contribution < -0.4 is 0 Å². The van der Waals surface area contributed by atoms with Gasteiger partial charge in [0.05, 0.1) is 0 Å². The summed E-state index contributed by atoms with van der Waals surface area (Å²) in [6.07, 6.45) is 0.642. The van der Waals surface area contributed by atoms with Crippen molar-refractivity contribution < 1.29 is 4.39 Å². The number of alkyl halides is 2. The van der Waals surface area contributed by atoms with Crippen LogP contribution in [0.3, 0.4) is 0 Å². The largest absolute Gasteiger partial charge is 0.207 e. The predicted molar refractivity (Wildman–Crippen MR) is 98.5 cm³/mol. The van der Waals surface area contributed by atoms with Crippen LogP contribution in [0.2, 0.25) is 5.02 Å². The molecule has 0 saturated carbocycles. The third kappa shape index (κ3) is 3.90. The first-order chi connectivity index (χ1) is 10.0. The smallest absolute Gasteiger partial charge is 0.123 e. The summed E-state index contributed by atoms with van der Waals surface area (Å²) in [5, 5.41) is 2.07. The lowest BCUT2D eigenvalue weighted by Crippen LogP contribution is -2.33. The van der Waals surface area contributed by atoms with Gasteiger partial charge >= 0.3 is 0 Å². The zero-order valence-electron chi connectivity index (χ0n) is 11.1. The Hall–Kier alpha value is 0.1000. The van der Waals surface area contributed by atoms with Gasteiger partial charge in [0.15, 0.2) is 0 Å². The number of hydrogen-bond donors (Lipinski definition) is 0. The standard InChI is InChI=1S/C16H13Br3ClF/c17-9-16(10-18,13-3-1-2-4-14(13)19)8-11-7-12(21)5-6-15(11)20/h1-7H,8-10H2. The summed E-state index contributed by atoms with van der Waals surface area (Å²) in [5.74, 6) is -0.264. The van der Waals surface area contributed by atoms with Crippen molar-refractivity contribution in [3.63, 3.8) is 0 Å². The van der Waals surface area contributed by atoms with Gasteiger partial charge in [0.2, 0.25) is 0 Å². The van der Waals surface area contributed by atoms with E-state index in [4.69, 9.17) is 11.6 Å². The molecule has 0 fully saturated rings. The molecule has 0 heterocycles. The van der Waals surface area contributed by atoms with Gasteiger partial charge in [-0.1, -0.05) is 77.6 Å². The second-order valence-electron chi connectivity index (χ2n) is 4.94. The molecule has 2 aromatic carbocycles. The van der Waals surface area contributed by atoms with Gasteiger partial charge in [0, 0.05) is 25.6 Å². The van der Waals surface area contributed by atoms with Crippen LogP contribution in [0.5, 0.6) is 0 Å². The van der Waals surface area contributed by atoms with Gasteiger partial charge in [-0.25, -0.2) is 4.39 Å². The first-order valence-electron chi connectivity index (χ1n) is 6.33. The van der Waals surface area contributed by atoms with E-state index in [2.05, 4.69) is 53.9 Å². The third-order valence-electron chi connectivity index (χ3n) is 3.49. The average Bonchev–Trinajstić information content (AvgIpc) is 2.49. The van der Waals surface area contributed by atoms with E-state index >= 15 is 0 Å². The van der Waals surface area contributed by atoms with Crippen LogP contribution in [0.15, 0.2) is 46.9 Å². The Morgan fingerprint density at radius 1 is 1.05 bits per heavy atom. The first-order valence-corrected chi connectivity index (χ1v) is 9.74. The molecule has 0 saturated heterocycles. The highest BCUT2D eigenvalue weighted by molar-refractivity contribution is 9.10. The lowest BCUT2D eigenvalue weighted by molar-refractivity contribution is 0.544. The number of halogens is 5. The monoisotopic (exact) mass is 496 g/mol. The van der Waals surface area contributed by atoms with Crippen LogP contribution in [-0.4, -0.2) is 10.7 Å². The second-order valence-corrected chi connectivity index (χ2v) is 7.32. The van der Waals surface area contributed by atoms with Crippen molar-refractivity contribution in [3.05, 3.63) is 68.9 Å². The Balaban J connectivity index is 2.48. The van der Waals surface area contributed by atoms with Crippen molar-refractivity contribution in [1.29, 1.82) is 0 Å². The maximum Gasteiger partial charge on any atom is 0.123 e. The van der Waals surface area contributed by atoms with Crippen LogP contribution in [0.25, 0.3) is 0 Å². The minimum Gasteiger partial charge on any atom is -0.207 e. The molecule has 2 rings (SSSR count). The van der Waals surface area contributed by atoms with E-state index < -0.39 is 0 Å². The highest BCUT2D eigenvalue weighted by atomic mass is 79.9. The van der Waals surface area contributed by atoms with E-state index in [0.717, 1.165) is 20.7 Å². The van der Waals surface area contributed by atoms with Crippen LogP contribution >= 0.6 is 59.4 Å². The van der Waals surface area contributed by atoms with Crippen LogP contribution in [0.1, 0.15) is 11.1 Å². The Morgan fingerprint density at radius 3 is 2.33 bits per heavy atom. The summed E-state index contributed by atoms with van der Waals surface area (Å²) in [7, 11) is 0. The highest BCUT2D eigenvalue weighted by Crippen LogP contribution is 2.38. The molecule has 0 N–H and O–H groups in total. The molecule has 21 heavy (non-hydrogen) atoms. The van der Waals surface area contributed by atoms with Gasteiger partial charge in [0.25, 0.3) is 0 Å². The molecule has 0 amide bonds. The van der Waals surface area contributed by atoms with Crippen LogP contribution in [0.4, 0.5) is 4.39 Å². The molecule has 112 valence electrons. The van der Waals surface area contributed by atoms with E-state index in [-0.39, 0.29) is 11.2 Å². The van der Waals surface area contributed by atoms with Gasteiger partial charge in [-0.2, -0.15) is 0 Å². The van der Waals surface area contributed by atoms with Crippen molar-refractivity contribution in [1.82, 2.24) is 0 Å². The SMILES string of the molecule is Fc1ccc(Cl)c(CC(CBr)(CBr)c2ccccc2Br)c1. The molecule has 0 unspecified atom stereocenters. The zero-order valence-corrected chi connectivity index (χ0v) is 16.6. The summed E-state index contributed by atoms with van der Waals surface area (Å²) in [4.78, 5) is 0. The van der Waals surface area contributed by atoms with Gasteiger partial charge in [0.1, 0.15) is 5.82 Å². The molecule has 5 heteroatoms. The minimum absolute atomic E-state index is 0.211. The molecule has 2 aromatic rings. The van der Waals surface area contributed by atoms with Gasteiger partial charge < -0.3 is 0 Å². The molecule has 0 nitrogen and oxygen atoms in total. The fraction of sp³-hybridized carbons (Fsp3) is 0.250. The maximum atomic E-state index is 13.5. The van der Waals surface area contributed by atoms with E-state index in [0.29, 0.717) is 11.4 Å². The van der Waals surface area contributed by atoms with Crippen LogP contribution in [-0.2, 0) is 11.8 Å². The van der Waals surface area contributed by atoms with Gasteiger partial charge in [-0.05, 0) is 41.8 Å². The molecule has 0 atom stereocenters. The van der Waals surface area contributed by atoms with Crippen molar-refractivity contribution in [2.24, 2.45) is 0 Å². The van der Waals surface area contributed by atoms with E-state index in [1.54, 1.807) is 6.07 Å². The lowest BCUT2D eigenvalue weighted by atomic mass is 9.79. The Kier molecular flexibility index (Phi) is 6.30. The molecule has 0 radical (unpaired) electrons. The molecule has 0 aliphatic heterocycles. The number of rotatable bonds is 5. The summed E-state index contributed by atoms with van der Waals surface area (Å²) in [6.45, 7) is 0. The second kappa shape index (κ2) is 7.58. The third-order valence-corrected chi connectivity index (χ3v) is 6.70. The van der Waals surface area contributed by atoms with E-state index in [9.17, 15) is 4.39 Å². The fourth-order valence-electron chi connectivity index (χ4n) is 2.30. The Bertz CT molecular complexity index is 627. The Labute approximate surface area is 154 Å².